The number of methoxy groups -OCH3 is 1. The van der Waals surface area contributed by atoms with E-state index in [9.17, 15) is 19.5 Å². The lowest BCUT2D eigenvalue weighted by Gasteiger charge is -2.16. The molecular formula is C22H20ClNO6S. The predicted molar refractivity (Wildman–Crippen MR) is 118 cm³/mol. The van der Waals surface area contributed by atoms with Crippen LogP contribution in [0.15, 0.2) is 47.4 Å². The van der Waals surface area contributed by atoms with Crippen LogP contribution in [0.25, 0.3) is 6.08 Å². The number of hydrogen-bond acceptors (Lipinski definition) is 6. The standard InChI is InChI=1S/C22H20ClNO6S/c1-3-16(21(26)27)30-17-9-6-14(10-18(17)29-2)11-19-20(25)24(22(28)31-19)12-13-4-7-15(23)8-5-13/h4-11,16H,3,12H2,1-2H3,(H,26,27)/b19-11+. The van der Waals surface area contributed by atoms with Gasteiger partial charge in [0.05, 0.1) is 18.6 Å². The molecule has 0 saturated carbocycles. The molecule has 0 spiro atoms. The first-order valence-electron chi connectivity index (χ1n) is 9.39. The minimum Gasteiger partial charge on any atom is -0.493 e. The second-order valence-electron chi connectivity index (χ2n) is 6.66. The molecule has 2 aromatic carbocycles. The molecule has 0 radical (unpaired) electrons. The van der Waals surface area contributed by atoms with Crippen molar-refractivity contribution < 1.29 is 29.0 Å². The Morgan fingerprint density at radius 1 is 1.19 bits per heavy atom. The van der Waals surface area contributed by atoms with Crippen molar-refractivity contribution in [3.8, 4) is 11.5 Å². The molecular weight excluding hydrogens is 442 g/mol. The van der Waals surface area contributed by atoms with Gasteiger partial charge in [-0.25, -0.2) is 4.79 Å². The summed E-state index contributed by atoms with van der Waals surface area (Å²) >= 11 is 6.73. The van der Waals surface area contributed by atoms with E-state index in [1.54, 1.807) is 55.5 Å². The number of rotatable bonds is 8. The second kappa shape index (κ2) is 9.89. The third-order valence-corrected chi connectivity index (χ3v) is 5.69. The Hall–Kier alpha value is -2.97. The van der Waals surface area contributed by atoms with E-state index < -0.39 is 12.1 Å². The molecule has 1 fully saturated rings. The lowest BCUT2D eigenvalue weighted by atomic mass is 10.1. The maximum Gasteiger partial charge on any atom is 0.344 e. The minimum atomic E-state index is -1.07. The van der Waals surface area contributed by atoms with Gasteiger partial charge in [-0.2, -0.15) is 0 Å². The molecule has 162 valence electrons. The molecule has 1 saturated heterocycles. The zero-order valence-corrected chi connectivity index (χ0v) is 18.4. The highest BCUT2D eigenvalue weighted by Gasteiger charge is 2.35. The molecule has 7 nitrogen and oxygen atoms in total. The third kappa shape index (κ3) is 5.39. The normalized spacial score (nSPS) is 16.0. The van der Waals surface area contributed by atoms with Gasteiger partial charge in [-0.05, 0) is 59.7 Å². The molecule has 1 aliphatic heterocycles. The summed E-state index contributed by atoms with van der Waals surface area (Å²) in [4.78, 5) is 37.8. The lowest BCUT2D eigenvalue weighted by Crippen LogP contribution is -2.27. The number of imide groups is 1. The van der Waals surface area contributed by atoms with Crippen molar-refractivity contribution in [1.29, 1.82) is 0 Å². The quantitative estimate of drug-likeness (QED) is 0.563. The van der Waals surface area contributed by atoms with E-state index in [2.05, 4.69) is 0 Å². The van der Waals surface area contributed by atoms with Crippen LogP contribution in [0.2, 0.25) is 5.02 Å². The molecule has 1 aliphatic rings. The van der Waals surface area contributed by atoms with Gasteiger partial charge in [0, 0.05) is 5.02 Å². The Bertz CT molecular complexity index is 1040. The Labute approximate surface area is 188 Å². The highest BCUT2D eigenvalue weighted by Crippen LogP contribution is 2.35. The van der Waals surface area contributed by atoms with Gasteiger partial charge in [0.1, 0.15) is 0 Å². The summed E-state index contributed by atoms with van der Waals surface area (Å²) in [6, 6.07) is 11.8. The van der Waals surface area contributed by atoms with Crippen LogP contribution in [0.5, 0.6) is 11.5 Å². The van der Waals surface area contributed by atoms with Gasteiger partial charge in [-0.1, -0.05) is 36.7 Å². The summed E-state index contributed by atoms with van der Waals surface area (Å²) in [6.07, 6.45) is 0.887. The summed E-state index contributed by atoms with van der Waals surface area (Å²) in [5.74, 6) is -0.845. The SMILES string of the molecule is CCC(Oc1ccc(/C=C2/SC(=O)N(Cc3ccc(Cl)cc3)C2=O)cc1OC)C(=O)O. The number of hydrogen-bond donors (Lipinski definition) is 1. The second-order valence-corrected chi connectivity index (χ2v) is 8.09. The fourth-order valence-electron chi connectivity index (χ4n) is 2.89. The number of carboxylic acid groups (broad SMARTS) is 1. The van der Waals surface area contributed by atoms with Gasteiger partial charge in [-0.3, -0.25) is 14.5 Å². The van der Waals surface area contributed by atoms with Crippen LogP contribution in [0, 0.1) is 0 Å². The molecule has 1 N–H and O–H groups in total. The van der Waals surface area contributed by atoms with E-state index in [1.165, 1.54) is 12.0 Å². The van der Waals surface area contributed by atoms with Crippen molar-refractivity contribution >= 4 is 46.6 Å². The van der Waals surface area contributed by atoms with Crippen molar-refractivity contribution in [2.45, 2.75) is 26.0 Å². The number of ether oxygens (including phenoxy) is 2. The number of thioether (sulfide) groups is 1. The van der Waals surface area contributed by atoms with E-state index in [1.807, 2.05) is 0 Å². The van der Waals surface area contributed by atoms with E-state index in [0.717, 1.165) is 17.3 Å². The number of nitrogens with zero attached hydrogens (tertiary/aromatic N) is 1. The fourth-order valence-corrected chi connectivity index (χ4v) is 3.86. The topological polar surface area (TPSA) is 93.1 Å². The van der Waals surface area contributed by atoms with Crippen molar-refractivity contribution in [1.82, 2.24) is 4.90 Å². The van der Waals surface area contributed by atoms with Gasteiger partial charge in [0.15, 0.2) is 17.6 Å². The first kappa shape index (κ1) is 22.7. The maximum absolute atomic E-state index is 12.7. The molecule has 9 heteroatoms. The van der Waals surface area contributed by atoms with Crippen LogP contribution in [-0.2, 0) is 16.1 Å². The maximum atomic E-state index is 12.7. The lowest BCUT2D eigenvalue weighted by molar-refractivity contribution is -0.145. The Balaban J connectivity index is 1.79. The van der Waals surface area contributed by atoms with Gasteiger partial charge in [0.25, 0.3) is 11.1 Å². The number of amides is 2. The number of carbonyl (C=O) groups is 3. The van der Waals surface area contributed by atoms with Crippen LogP contribution in [0.1, 0.15) is 24.5 Å². The van der Waals surface area contributed by atoms with Gasteiger partial charge >= 0.3 is 5.97 Å². The highest BCUT2D eigenvalue weighted by atomic mass is 35.5. The Kier molecular flexibility index (Phi) is 7.25. The molecule has 2 aromatic rings. The zero-order valence-electron chi connectivity index (χ0n) is 16.8. The average Bonchev–Trinajstić information content (AvgIpc) is 3.01. The number of benzene rings is 2. The summed E-state index contributed by atoms with van der Waals surface area (Å²) < 4.78 is 10.8. The molecule has 1 atom stereocenters. The van der Waals surface area contributed by atoms with Crippen LogP contribution in [-0.4, -0.2) is 40.3 Å². The molecule has 1 heterocycles. The number of carbonyl (C=O) groups excluding carboxylic acids is 2. The van der Waals surface area contributed by atoms with Crippen LogP contribution in [0.3, 0.4) is 0 Å². The molecule has 2 amide bonds. The Morgan fingerprint density at radius 3 is 2.52 bits per heavy atom. The largest absolute Gasteiger partial charge is 0.493 e. The van der Waals surface area contributed by atoms with Gasteiger partial charge in [0.2, 0.25) is 0 Å². The molecule has 0 aromatic heterocycles. The van der Waals surface area contributed by atoms with Crippen LogP contribution in [0.4, 0.5) is 4.79 Å². The van der Waals surface area contributed by atoms with Crippen LogP contribution < -0.4 is 9.47 Å². The van der Waals surface area contributed by atoms with E-state index in [0.29, 0.717) is 22.8 Å². The number of aliphatic carboxylic acids is 1. The van der Waals surface area contributed by atoms with Crippen molar-refractivity contribution in [3.63, 3.8) is 0 Å². The summed E-state index contributed by atoms with van der Waals surface area (Å²) in [6.45, 7) is 1.86. The van der Waals surface area contributed by atoms with Crippen LogP contribution >= 0.6 is 23.4 Å². The van der Waals surface area contributed by atoms with Crippen molar-refractivity contribution in [3.05, 3.63) is 63.5 Å². The summed E-state index contributed by atoms with van der Waals surface area (Å²) in [5.41, 5.74) is 1.41. The van der Waals surface area contributed by atoms with E-state index in [4.69, 9.17) is 21.1 Å². The van der Waals surface area contributed by atoms with Crippen molar-refractivity contribution in [2.75, 3.05) is 7.11 Å². The molecule has 1 unspecified atom stereocenters. The average molecular weight is 462 g/mol. The molecule has 0 bridgehead atoms. The Morgan fingerprint density at radius 2 is 1.90 bits per heavy atom. The zero-order chi connectivity index (χ0) is 22.5. The molecule has 3 rings (SSSR count). The monoisotopic (exact) mass is 461 g/mol. The molecule has 0 aliphatic carbocycles. The van der Waals surface area contributed by atoms with Gasteiger partial charge in [-0.15, -0.1) is 0 Å². The minimum absolute atomic E-state index is 0.156. The van der Waals surface area contributed by atoms with E-state index in [-0.39, 0.29) is 28.3 Å². The highest BCUT2D eigenvalue weighted by molar-refractivity contribution is 8.18. The fraction of sp³-hybridized carbons (Fsp3) is 0.227. The predicted octanol–water partition coefficient (Wildman–Crippen LogP) is 4.83. The number of carboxylic acids is 1. The smallest absolute Gasteiger partial charge is 0.344 e. The first-order valence-corrected chi connectivity index (χ1v) is 10.6. The van der Waals surface area contributed by atoms with Crippen molar-refractivity contribution in [2.24, 2.45) is 0 Å². The molecule has 31 heavy (non-hydrogen) atoms. The number of halogens is 1. The van der Waals surface area contributed by atoms with Gasteiger partial charge < -0.3 is 14.6 Å². The summed E-state index contributed by atoms with van der Waals surface area (Å²) in [7, 11) is 1.44. The summed E-state index contributed by atoms with van der Waals surface area (Å²) in [5, 5.41) is 9.40. The van der Waals surface area contributed by atoms with E-state index >= 15 is 0 Å². The first-order chi connectivity index (χ1) is 14.8. The third-order valence-electron chi connectivity index (χ3n) is 4.53.